The first-order valence-corrected chi connectivity index (χ1v) is 10.3. The van der Waals surface area contributed by atoms with E-state index in [1.165, 1.54) is 12.4 Å². The van der Waals surface area contributed by atoms with E-state index in [1.807, 2.05) is 6.07 Å². The van der Waals surface area contributed by atoms with Crippen molar-refractivity contribution in [3.8, 4) is 18.0 Å². The Morgan fingerprint density at radius 2 is 2.00 bits per heavy atom. The summed E-state index contributed by atoms with van der Waals surface area (Å²) >= 11 is 0. The van der Waals surface area contributed by atoms with Gasteiger partial charge in [0.15, 0.2) is 0 Å². The second kappa shape index (κ2) is 7.48. The van der Waals surface area contributed by atoms with Crippen molar-refractivity contribution in [3.63, 3.8) is 0 Å². The van der Waals surface area contributed by atoms with Crippen molar-refractivity contribution in [1.29, 1.82) is 10.5 Å². The van der Waals surface area contributed by atoms with Crippen molar-refractivity contribution in [1.82, 2.24) is 15.0 Å². The van der Waals surface area contributed by atoms with Crippen LogP contribution in [0.4, 0.5) is 0 Å². The van der Waals surface area contributed by atoms with Crippen LogP contribution in [0.5, 0.6) is 5.88 Å². The molecule has 6 rings (SSSR count). The van der Waals surface area contributed by atoms with Crippen LogP contribution in [0.15, 0.2) is 41.9 Å². The average molecular weight is 412 g/mol. The highest BCUT2D eigenvalue weighted by molar-refractivity contribution is 5.83. The van der Waals surface area contributed by atoms with Crippen LogP contribution in [0.3, 0.4) is 0 Å². The predicted octanol–water partition coefficient (Wildman–Crippen LogP) is 2.97. The highest BCUT2D eigenvalue weighted by Crippen LogP contribution is 2.62. The van der Waals surface area contributed by atoms with Gasteiger partial charge in [-0.2, -0.15) is 15.6 Å². The molecule has 0 radical (unpaired) electrons. The van der Waals surface area contributed by atoms with E-state index in [2.05, 4.69) is 21.1 Å². The maximum Gasteiger partial charge on any atom is 0.246 e. The molecule has 3 aliphatic carbocycles. The molecule has 1 aliphatic heterocycles. The number of amides is 1. The molecule has 154 valence electrons. The molecule has 2 aromatic heterocycles. The number of carbonyl (C=O) groups excluding carboxylic acids is 1. The van der Waals surface area contributed by atoms with Gasteiger partial charge >= 0.3 is 0 Å². The van der Waals surface area contributed by atoms with E-state index in [4.69, 9.17) is 15.3 Å². The Labute approximate surface area is 179 Å². The van der Waals surface area contributed by atoms with Gasteiger partial charge in [-0.3, -0.25) is 9.78 Å². The molecule has 0 N–H and O–H groups in total. The van der Waals surface area contributed by atoms with Gasteiger partial charge in [-0.15, -0.1) is 0 Å². The molecule has 3 saturated carbocycles. The molecule has 8 heteroatoms. The van der Waals surface area contributed by atoms with Gasteiger partial charge < -0.3 is 4.74 Å². The van der Waals surface area contributed by atoms with E-state index in [0.717, 1.165) is 24.8 Å². The standard InChI is InChI=1S/C23H20N6O2/c24-9-15-1-2-21(27-12-15)31-14-23-6-18(7-23)19(8-23)22(30)29-20(3-4-28-29)17-5-16(10-25)11-26-13-17/h1-2,4-5,11-13,18-20H,3,6-8,14H2. The molecular formula is C23H20N6O2. The molecule has 4 aliphatic rings. The third kappa shape index (κ3) is 3.40. The van der Waals surface area contributed by atoms with Gasteiger partial charge in [0.2, 0.25) is 11.8 Å². The number of fused-ring (bicyclic) bond motifs is 1. The molecule has 0 aromatic carbocycles. The van der Waals surface area contributed by atoms with Gasteiger partial charge in [-0.05, 0) is 42.9 Å². The summed E-state index contributed by atoms with van der Waals surface area (Å²) in [6, 6.07) is 9.11. The lowest BCUT2D eigenvalue weighted by Gasteiger charge is -2.38. The minimum absolute atomic E-state index is 0.00177. The van der Waals surface area contributed by atoms with Gasteiger partial charge in [-0.25, -0.2) is 9.99 Å². The Morgan fingerprint density at radius 3 is 2.74 bits per heavy atom. The molecule has 2 atom stereocenters. The maximum atomic E-state index is 13.4. The Hall–Kier alpha value is -3.78. The fourth-order valence-electron chi connectivity index (χ4n) is 5.14. The monoisotopic (exact) mass is 412 g/mol. The molecule has 2 unspecified atom stereocenters. The number of carbonyl (C=O) groups is 1. The number of nitrogens with zero attached hydrogens (tertiary/aromatic N) is 6. The Bertz CT molecular complexity index is 1120. The van der Waals surface area contributed by atoms with Crippen LogP contribution in [-0.2, 0) is 4.79 Å². The summed E-state index contributed by atoms with van der Waals surface area (Å²) in [5.41, 5.74) is 1.81. The SMILES string of the molecule is N#Cc1ccc(OCC23CC(C2)C(C(=O)N2N=CCC2c2cncc(C#N)c2)C3)nc1. The minimum Gasteiger partial charge on any atom is -0.477 e. The Kier molecular flexibility index (Phi) is 4.63. The van der Waals surface area contributed by atoms with E-state index in [-0.39, 0.29) is 23.3 Å². The van der Waals surface area contributed by atoms with Gasteiger partial charge in [0, 0.05) is 48.6 Å². The number of hydrogen-bond donors (Lipinski definition) is 0. The molecule has 2 bridgehead atoms. The first-order valence-electron chi connectivity index (χ1n) is 10.3. The van der Waals surface area contributed by atoms with Crippen LogP contribution < -0.4 is 4.74 Å². The molecule has 31 heavy (non-hydrogen) atoms. The van der Waals surface area contributed by atoms with E-state index in [0.29, 0.717) is 36.0 Å². The summed E-state index contributed by atoms with van der Waals surface area (Å²) < 4.78 is 5.89. The van der Waals surface area contributed by atoms with Crippen molar-refractivity contribution in [2.24, 2.45) is 22.4 Å². The third-order valence-corrected chi connectivity index (χ3v) is 6.65. The predicted molar refractivity (Wildman–Crippen MR) is 109 cm³/mol. The first kappa shape index (κ1) is 19.2. The fourth-order valence-corrected chi connectivity index (χ4v) is 5.14. The lowest BCUT2D eigenvalue weighted by atomic mass is 9.70. The van der Waals surface area contributed by atoms with Gasteiger partial charge in [0.05, 0.1) is 23.8 Å². The zero-order valence-corrected chi connectivity index (χ0v) is 16.8. The van der Waals surface area contributed by atoms with Gasteiger partial charge in [0.1, 0.15) is 12.1 Å². The fraction of sp³-hybridized carbons (Fsp3) is 0.391. The van der Waals surface area contributed by atoms with Crippen molar-refractivity contribution < 1.29 is 9.53 Å². The summed E-state index contributed by atoms with van der Waals surface area (Å²) in [7, 11) is 0. The lowest BCUT2D eigenvalue weighted by molar-refractivity contribution is -0.138. The van der Waals surface area contributed by atoms with Crippen molar-refractivity contribution in [3.05, 3.63) is 53.5 Å². The van der Waals surface area contributed by atoms with Crippen molar-refractivity contribution in [2.45, 2.75) is 31.7 Å². The molecule has 3 fully saturated rings. The Balaban J connectivity index is 1.24. The number of pyridine rings is 2. The highest BCUT2D eigenvalue weighted by Gasteiger charge is 2.59. The minimum atomic E-state index is -0.207. The lowest BCUT2D eigenvalue weighted by Crippen LogP contribution is -2.36. The van der Waals surface area contributed by atoms with Crippen LogP contribution in [-0.4, -0.2) is 33.7 Å². The largest absolute Gasteiger partial charge is 0.477 e. The van der Waals surface area contributed by atoms with E-state index < -0.39 is 0 Å². The van der Waals surface area contributed by atoms with Crippen molar-refractivity contribution >= 4 is 12.1 Å². The summed E-state index contributed by atoms with van der Waals surface area (Å²) in [6.07, 6.45) is 9.81. The second-order valence-corrected chi connectivity index (χ2v) is 8.62. The van der Waals surface area contributed by atoms with Crippen LogP contribution in [0.25, 0.3) is 0 Å². The molecule has 0 saturated heterocycles. The normalized spacial score (nSPS) is 27.9. The van der Waals surface area contributed by atoms with Crippen molar-refractivity contribution in [2.75, 3.05) is 6.61 Å². The zero-order chi connectivity index (χ0) is 21.4. The van der Waals surface area contributed by atoms with Crippen LogP contribution in [0.2, 0.25) is 0 Å². The van der Waals surface area contributed by atoms with Gasteiger partial charge in [-0.1, -0.05) is 0 Å². The van der Waals surface area contributed by atoms with Crippen LogP contribution >= 0.6 is 0 Å². The van der Waals surface area contributed by atoms with Crippen LogP contribution in [0.1, 0.15) is 48.4 Å². The molecule has 8 nitrogen and oxygen atoms in total. The maximum absolute atomic E-state index is 13.4. The smallest absolute Gasteiger partial charge is 0.246 e. The highest BCUT2D eigenvalue weighted by atomic mass is 16.5. The zero-order valence-electron chi connectivity index (χ0n) is 16.8. The summed E-state index contributed by atoms with van der Waals surface area (Å²) in [6.45, 7) is 0.521. The number of hydrogen-bond acceptors (Lipinski definition) is 7. The topological polar surface area (TPSA) is 115 Å². The van der Waals surface area contributed by atoms with E-state index in [9.17, 15) is 4.79 Å². The number of aromatic nitrogens is 2. The average Bonchev–Trinajstić information content (AvgIpc) is 3.51. The molecule has 0 spiro atoms. The number of rotatable bonds is 5. The molecule has 2 aromatic rings. The Morgan fingerprint density at radius 1 is 1.16 bits per heavy atom. The number of hydrazone groups is 1. The summed E-state index contributed by atoms with van der Waals surface area (Å²) in [5, 5.41) is 24.0. The molecular weight excluding hydrogens is 392 g/mol. The quantitative estimate of drug-likeness (QED) is 0.745. The summed E-state index contributed by atoms with van der Waals surface area (Å²) in [5.74, 6) is 0.829. The molecule has 1 amide bonds. The first-order chi connectivity index (χ1) is 15.1. The van der Waals surface area contributed by atoms with Gasteiger partial charge in [0.25, 0.3) is 0 Å². The molecule has 3 heterocycles. The number of nitriles is 2. The second-order valence-electron chi connectivity index (χ2n) is 8.62. The third-order valence-electron chi connectivity index (χ3n) is 6.65. The van der Waals surface area contributed by atoms with Crippen LogP contribution in [0, 0.1) is 39.9 Å². The van der Waals surface area contributed by atoms with E-state index >= 15 is 0 Å². The number of ether oxygens (including phenoxy) is 1. The summed E-state index contributed by atoms with van der Waals surface area (Å²) in [4.78, 5) is 21.7. The van der Waals surface area contributed by atoms with E-state index in [1.54, 1.807) is 35.6 Å².